The van der Waals surface area contributed by atoms with Crippen molar-refractivity contribution in [3.05, 3.63) is 23.8 Å². The highest BCUT2D eigenvalue weighted by Crippen LogP contribution is 2.34. The molecule has 98 valence electrons. The van der Waals surface area contributed by atoms with E-state index in [1.165, 1.54) is 11.3 Å². The summed E-state index contributed by atoms with van der Waals surface area (Å²) >= 11 is 0. The lowest BCUT2D eigenvalue weighted by atomic mass is 10.1. The molecular weight excluding hydrogens is 228 g/mol. The van der Waals surface area contributed by atoms with E-state index in [-0.39, 0.29) is 6.54 Å². The number of hydrogen-bond donors (Lipinski definition) is 1. The lowest BCUT2D eigenvalue weighted by Crippen LogP contribution is -2.30. The first kappa shape index (κ1) is 12.7. The van der Waals surface area contributed by atoms with Gasteiger partial charge in [0.15, 0.2) is 0 Å². The molecule has 0 amide bonds. The predicted molar refractivity (Wildman–Crippen MR) is 73.6 cm³/mol. The summed E-state index contributed by atoms with van der Waals surface area (Å²) in [4.78, 5) is 15.2. The molecule has 0 atom stereocenters. The van der Waals surface area contributed by atoms with Crippen molar-refractivity contribution in [3.63, 3.8) is 0 Å². The highest BCUT2D eigenvalue weighted by molar-refractivity contribution is 5.80. The van der Waals surface area contributed by atoms with Crippen LogP contribution in [-0.2, 0) is 11.2 Å². The Morgan fingerprint density at radius 1 is 1.39 bits per heavy atom. The van der Waals surface area contributed by atoms with Crippen LogP contribution in [0.1, 0.15) is 18.9 Å². The first-order chi connectivity index (χ1) is 8.63. The van der Waals surface area contributed by atoms with Gasteiger partial charge < -0.3 is 14.9 Å². The maximum atomic E-state index is 11.0. The molecule has 0 spiro atoms. The van der Waals surface area contributed by atoms with Gasteiger partial charge in [-0.05, 0) is 24.5 Å². The van der Waals surface area contributed by atoms with Gasteiger partial charge in [0, 0.05) is 20.1 Å². The van der Waals surface area contributed by atoms with Crippen LogP contribution >= 0.6 is 0 Å². The number of hydrogen-bond acceptors (Lipinski definition) is 3. The van der Waals surface area contributed by atoms with Crippen LogP contribution in [-0.4, -0.2) is 37.8 Å². The minimum absolute atomic E-state index is 0.0774. The molecule has 0 unspecified atom stereocenters. The van der Waals surface area contributed by atoms with Crippen LogP contribution in [0.3, 0.4) is 0 Å². The van der Waals surface area contributed by atoms with E-state index in [0.29, 0.717) is 0 Å². The van der Waals surface area contributed by atoms with E-state index in [9.17, 15) is 4.79 Å². The first-order valence-corrected chi connectivity index (χ1v) is 6.43. The number of carboxylic acid groups (broad SMARTS) is 1. The van der Waals surface area contributed by atoms with Crippen molar-refractivity contribution >= 4 is 17.3 Å². The summed E-state index contributed by atoms with van der Waals surface area (Å²) in [6.45, 7) is 3.99. The van der Waals surface area contributed by atoms with Crippen LogP contribution in [0.4, 0.5) is 11.4 Å². The highest BCUT2D eigenvalue weighted by Gasteiger charge is 2.21. The third-order valence-corrected chi connectivity index (χ3v) is 3.45. The summed E-state index contributed by atoms with van der Waals surface area (Å²) in [5.74, 6) is -0.771. The topological polar surface area (TPSA) is 43.8 Å². The molecule has 0 saturated carbocycles. The Balaban J connectivity index is 2.46. The zero-order chi connectivity index (χ0) is 13.1. The first-order valence-electron chi connectivity index (χ1n) is 6.43. The molecule has 0 aromatic heterocycles. The fraction of sp³-hybridized carbons (Fsp3) is 0.500. The SMILES string of the molecule is CCc1cccc2c1N(C)CCCN2CC(=O)O. The van der Waals surface area contributed by atoms with E-state index in [1.807, 2.05) is 17.0 Å². The van der Waals surface area contributed by atoms with Gasteiger partial charge >= 0.3 is 5.97 Å². The van der Waals surface area contributed by atoms with Gasteiger partial charge in [0.25, 0.3) is 0 Å². The van der Waals surface area contributed by atoms with Crippen molar-refractivity contribution in [1.82, 2.24) is 0 Å². The summed E-state index contributed by atoms with van der Waals surface area (Å²) < 4.78 is 0. The smallest absolute Gasteiger partial charge is 0.323 e. The molecule has 0 fully saturated rings. The molecule has 2 rings (SSSR count). The molecule has 0 saturated heterocycles. The van der Waals surface area contributed by atoms with Crippen LogP contribution in [0.5, 0.6) is 0 Å². The van der Waals surface area contributed by atoms with Crippen LogP contribution in [0.25, 0.3) is 0 Å². The Hall–Kier alpha value is -1.71. The fourth-order valence-corrected chi connectivity index (χ4v) is 2.62. The van der Waals surface area contributed by atoms with Crippen molar-refractivity contribution < 1.29 is 9.90 Å². The highest BCUT2D eigenvalue weighted by atomic mass is 16.4. The zero-order valence-corrected chi connectivity index (χ0v) is 11.0. The van der Waals surface area contributed by atoms with E-state index >= 15 is 0 Å². The lowest BCUT2D eigenvalue weighted by Gasteiger charge is -2.26. The van der Waals surface area contributed by atoms with Gasteiger partial charge in [-0.25, -0.2) is 0 Å². The molecular formula is C14H20N2O2. The third-order valence-electron chi connectivity index (χ3n) is 3.45. The van der Waals surface area contributed by atoms with E-state index in [2.05, 4.69) is 24.9 Å². The number of carboxylic acids is 1. The monoisotopic (exact) mass is 248 g/mol. The second-order valence-corrected chi connectivity index (χ2v) is 4.73. The summed E-state index contributed by atoms with van der Waals surface area (Å²) in [7, 11) is 2.09. The quantitative estimate of drug-likeness (QED) is 0.888. The van der Waals surface area contributed by atoms with Crippen molar-refractivity contribution in [2.24, 2.45) is 0 Å². The Morgan fingerprint density at radius 2 is 2.17 bits per heavy atom. The number of anilines is 2. The summed E-state index contributed by atoms with van der Waals surface area (Å²) in [5.41, 5.74) is 3.53. The van der Waals surface area contributed by atoms with Crippen LogP contribution < -0.4 is 9.80 Å². The molecule has 1 aliphatic rings. The third kappa shape index (κ3) is 2.42. The van der Waals surface area contributed by atoms with Gasteiger partial charge in [0.1, 0.15) is 6.54 Å². The minimum Gasteiger partial charge on any atom is -0.480 e. The molecule has 1 aromatic rings. The summed E-state index contributed by atoms with van der Waals surface area (Å²) in [6.07, 6.45) is 1.95. The van der Waals surface area contributed by atoms with Gasteiger partial charge in [-0.1, -0.05) is 19.1 Å². The van der Waals surface area contributed by atoms with Crippen molar-refractivity contribution in [1.29, 1.82) is 0 Å². The number of para-hydroxylation sites is 1. The average Bonchev–Trinajstić information content (AvgIpc) is 2.49. The minimum atomic E-state index is -0.771. The van der Waals surface area contributed by atoms with E-state index < -0.39 is 5.97 Å². The van der Waals surface area contributed by atoms with Gasteiger partial charge in [-0.2, -0.15) is 0 Å². The Bertz CT molecular complexity index is 445. The molecule has 1 aromatic carbocycles. The average molecular weight is 248 g/mol. The number of fused-ring (bicyclic) bond motifs is 1. The molecule has 1 N–H and O–H groups in total. The standard InChI is InChI=1S/C14H20N2O2/c1-3-11-6-4-7-12-14(11)15(2)8-5-9-16(12)10-13(17)18/h4,6-7H,3,5,8-10H2,1-2H3,(H,17,18). The Kier molecular flexibility index (Phi) is 3.75. The fourth-order valence-electron chi connectivity index (χ4n) is 2.62. The Morgan fingerprint density at radius 3 is 2.83 bits per heavy atom. The van der Waals surface area contributed by atoms with E-state index in [4.69, 9.17) is 5.11 Å². The van der Waals surface area contributed by atoms with Crippen molar-refractivity contribution in [3.8, 4) is 0 Å². The summed E-state index contributed by atoms with van der Waals surface area (Å²) in [5, 5.41) is 9.02. The van der Waals surface area contributed by atoms with Gasteiger partial charge in [0.2, 0.25) is 0 Å². The molecule has 0 bridgehead atoms. The number of aliphatic carboxylic acids is 1. The molecule has 4 heteroatoms. The number of nitrogens with zero attached hydrogens (tertiary/aromatic N) is 2. The van der Waals surface area contributed by atoms with Gasteiger partial charge in [0.05, 0.1) is 11.4 Å². The van der Waals surface area contributed by atoms with E-state index in [0.717, 1.165) is 31.6 Å². The van der Waals surface area contributed by atoms with Crippen molar-refractivity contribution in [2.75, 3.05) is 36.5 Å². The lowest BCUT2D eigenvalue weighted by molar-refractivity contribution is -0.135. The molecule has 1 aliphatic heterocycles. The molecule has 4 nitrogen and oxygen atoms in total. The maximum Gasteiger partial charge on any atom is 0.323 e. The number of carbonyl (C=O) groups is 1. The molecule has 18 heavy (non-hydrogen) atoms. The largest absolute Gasteiger partial charge is 0.480 e. The number of benzene rings is 1. The Labute approximate surface area is 108 Å². The van der Waals surface area contributed by atoms with Crippen LogP contribution in [0.2, 0.25) is 0 Å². The van der Waals surface area contributed by atoms with Gasteiger partial charge in [-0.3, -0.25) is 4.79 Å². The van der Waals surface area contributed by atoms with E-state index in [1.54, 1.807) is 0 Å². The molecule has 0 aliphatic carbocycles. The summed E-state index contributed by atoms with van der Waals surface area (Å²) in [6, 6.07) is 6.17. The van der Waals surface area contributed by atoms with Crippen molar-refractivity contribution in [2.45, 2.75) is 19.8 Å². The second-order valence-electron chi connectivity index (χ2n) is 4.73. The molecule has 0 radical (unpaired) electrons. The molecule has 1 heterocycles. The van der Waals surface area contributed by atoms with Crippen LogP contribution in [0.15, 0.2) is 18.2 Å². The van der Waals surface area contributed by atoms with Crippen LogP contribution in [0, 0.1) is 0 Å². The predicted octanol–water partition coefficient (Wildman–Crippen LogP) is 1.98. The number of aryl methyl sites for hydroxylation is 1. The normalized spacial score (nSPS) is 15.2. The van der Waals surface area contributed by atoms with Gasteiger partial charge in [-0.15, -0.1) is 0 Å². The second kappa shape index (κ2) is 5.29. The number of rotatable bonds is 3. The maximum absolute atomic E-state index is 11.0. The zero-order valence-electron chi connectivity index (χ0n) is 11.0.